The zero-order valence-electron chi connectivity index (χ0n) is 11.2. The van der Waals surface area contributed by atoms with E-state index in [0.29, 0.717) is 26.1 Å². The molecule has 0 N–H and O–H groups in total. The van der Waals surface area contributed by atoms with Gasteiger partial charge in [0.1, 0.15) is 0 Å². The van der Waals surface area contributed by atoms with Crippen LogP contribution in [-0.4, -0.2) is 26.4 Å². The molecule has 2 aliphatic rings. The van der Waals surface area contributed by atoms with Crippen LogP contribution < -0.4 is 0 Å². The van der Waals surface area contributed by atoms with Gasteiger partial charge in [0, 0.05) is 13.2 Å². The third-order valence-electron chi connectivity index (χ3n) is 4.65. The van der Waals surface area contributed by atoms with Crippen molar-refractivity contribution >= 4 is 9.84 Å². The van der Waals surface area contributed by atoms with Crippen LogP contribution in [0.5, 0.6) is 0 Å². The number of sulfone groups is 1. The van der Waals surface area contributed by atoms with Crippen molar-refractivity contribution in [2.24, 2.45) is 5.41 Å². The lowest BCUT2D eigenvalue weighted by molar-refractivity contribution is -0.0382. The van der Waals surface area contributed by atoms with Gasteiger partial charge in [-0.2, -0.15) is 5.26 Å². The minimum absolute atomic E-state index is 0.00414. The molecule has 20 heavy (non-hydrogen) atoms. The van der Waals surface area contributed by atoms with Gasteiger partial charge in [-0.3, -0.25) is 0 Å². The molecule has 2 fully saturated rings. The third kappa shape index (κ3) is 1.87. The summed E-state index contributed by atoms with van der Waals surface area (Å²) in [5.41, 5.74) is -0.00414. The van der Waals surface area contributed by atoms with Gasteiger partial charge in [-0.25, -0.2) is 8.42 Å². The minimum atomic E-state index is -3.59. The van der Waals surface area contributed by atoms with Crippen LogP contribution in [0.25, 0.3) is 0 Å². The highest BCUT2D eigenvalue weighted by Gasteiger charge is 2.62. The van der Waals surface area contributed by atoms with E-state index < -0.39 is 14.6 Å². The Morgan fingerprint density at radius 2 is 1.70 bits per heavy atom. The average Bonchev–Trinajstić information content (AvgIpc) is 2.46. The molecule has 1 aromatic carbocycles. The predicted molar refractivity (Wildman–Crippen MR) is 73.7 cm³/mol. The van der Waals surface area contributed by atoms with Gasteiger partial charge >= 0.3 is 0 Å². The molecule has 1 aliphatic carbocycles. The lowest BCUT2D eigenvalue weighted by Gasteiger charge is -2.53. The lowest BCUT2D eigenvalue weighted by Crippen LogP contribution is -2.57. The molecule has 0 radical (unpaired) electrons. The number of ether oxygens (including phenoxy) is 1. The van der Waals surface area contributed by atoms with Crippen molar-refractivity contribution in [2.75, 3.05) is 13.2 Å². The van der Waals surface area contributed by atoms with Gasteiger partial charge in [-0.15, -0.1) is 0 Å². The maximum Gasteiger partial charge on any atom is 0.197 e. The number of nitriles is 1. The summed E-state index contributed by atoms with van der Waals surface area (Å²) in [6.45, 7) is 1.35. The second-order valence-electron chi connectivity index (χ2n) is 5.89. The van der Waals surface area contributed by atoms with Crippen LogP contribution in [-0.2, 0) is 14.6 Å². The van der Waals surface area contributed by atoms with E-state index in [-0.39, 0.29) is 10.3 Å². The van der Waals surface area contributed by atoms with Crippen molar-refractivity contribution in [3.05, 3.63) is 30.3 Å². The van der Waals surface area contributed by atoms with Crippen LogP contribution in [0.4, 0.5) is 0 Å². The molecule has 0 bridgehead atoms. The van der Waals surface area contributed by atoms with Gasteiger partial charge < -0.3 is 4.74 Å². The topological polar surface area (TPSA) is 67.2 Å². The molecule has 5 heteroatoms. The molecule has 1 heterocycles. The molecule has 1 saturated heterocycles. The molecule has 1 aliphatic heterocycles. The molecular weight excluding hydrogens is 274 g/mol. The van der Waals surface area contributed by atoms with Crippen molar-refractivity contribution in [3.8, 4) is 6.07 Å². The third-order valence-corrected chi connectivity index (χ3v) is 6.95. The number of hydrogen-bond acceptors (Lipinski definition) is 4. The minimum Gasteiger partial charge on any atom is -0.381 e. The zero-order chi connectivity index (χ0) is 14.3. The first-order chi connectivity index (χ1) is 9.54. The summed E-state index contributed by atoms with van der Waals surface area (Å²) in [7, 11) is -3.59. The number of hydrogen-bond donors (Lipinski definition) is 0. The van der Waals surface area contributed by atoms with E-state index in [9.17, 15) is 13.7 Å². The van der Waals surface area contributed by atoms with Crippen LogP contribution >= 0.6 is 0 Å². The summed E-state index contributed by atoms with van der Waals surface area (Å²) in [4.78, 5) is 0.253. The molecule has 4 nitrogen and oxygen atoms in total. The summed E-state index contributed by atoms with van der Waals surface area (Å²) in [6.07, 6.45) is 2.61. The van der Waals surface area contributed by atoms with E-state index in [1.165, 1.54) is 0 Å². The van der Waals surface area contributed by atoms with Crippen molar-refractivity contribution in [1.82, 2.24) is 0 Å². The summed E-state index contributed by atoms with van der Waals surface area (Å²) in [5.74, 6) is 0. The highest BCUT2D eigenvalue weighted by molar-refractivity contribution is 7.93. The first-order valence-corrected chi connectivity index (χ1v) is 8.31. The first kappa shape index (κ1) is 13.6. The van der Waals surface area contributed by atoms with Crippen molar-refractivity contribution in [2.45, 2.75) is 35.3 Å². The van der Waals surface area contributed by atoms with Crippen molar-refractivity contribution in [1.29, 1.82) is 5.26 Å². The second kappa shape index (κ2) is 4.57. The van der Waals surface area contributed by atoms with Crippen LogP contribution in [0.15, 0.2) is 35.2 Å². The number of nitrogens with zero attached hydrogens (tertiary/aromatic N) is 1. The van der Waals surface area contributed by atoms with Gasteiger partial charge in [0.05, 0.1) is 11.0 Å². The Labute approximate surface area is 119 Å². The molecule has 1 aromatic rings. The fourth-order valence-electron chi connectivity index (χ4n) is 3.47. The van der Waals surface area contributed by atoms with Crippen molar-refractivity contribution < 1.29 is 13.2 Å². The maximum atomic E-state index is 12.7. The van der Waals surface area contributed by atoms with E-state index in [1.807, 2.05) is 0 Å². The predicted octanol–water partition coefficient (Wildman–Crippen LogP) is 2.31. The Hall–Kier alpha value is -1.38. The zero-order valence-corrected chi connectivity index (χ0v) is 12.0. The van der Waals surface area contributed by atoms with Gasteiger partial charge in [0.2, 0.25) is 0 Å². The largest absolute Gasteiger partial charge is 0.381 e. The molecule has 0 aromatic heterocycles. The molecule has 1 spiro atoms. The summed E-state index contributed by atoms with van der Waals surface area (Å²) in [6, 6.07) is 10.4. The van der Waals surface area contributed by atoms with Gasteiger partial charge in [-0.1, -0.05) is 18.2 Å². The van der Waals surface area contributed by atoms with Crippen molar-refractivity contribution in [3.63, 3.8) is 0 Å². The summed E-state index contributed by atoms with van der Waals surface area (Å²) < 4.78 is 29.6. The highest BCUT2D eigenvalue weighted by atomic mass is 32.2. The van der Waals surface area contributed by atoms with Crippen LogP contribution in [0.1, 0.15) is 25.7 Å². The molecular formula is C15H17NO3S. The maximum absolute atomic E-state index is 12.7. The average molecular weight is 291 g/mol. The fraction of sp³-hybridized carbons (Fsp3) is 0.533. The Morgan fingerprint density at radius 1 is 1.10 bits per heavy atom. The monoisotopic (exact) mass is 291 g/mol. The standard InChI is InChI=1S/C15H17NO3S/c16-12-15(10-14(11-15)6-8-19-9-7-14)20(17,18)13-4-2-1-3-5-13/h1-5H,6-11H2. The number of rotatable bonds is 2. The first-order valence-electron chi connectivity index (χ1n) is 6.82. The Balaban J connectivity index is 1.91. The summed E-state index contributed by atoms with van der Waals surface area (Å²) in [5, 5.41) is 9.49. The molecule has 0 amide bonds. The number of benzene rings is 1. The van der Waals surface area contributed by atoms with Gasteiger partial charge in [0.25, 0.3) is 0 Å². The van der Waals surface area contributed by atoms with E-state index in [2.05, 4.69) is 6.07 Å². The highest BCUT2D eigenvalue weighted by Crippen LogP contribution is 2.58. The van der Waals surface area contributed by atoms with Gasteiger partial charge in [-0.05, 0) is 43.2 Å². The van der Waals surface area contributed by atoms with Crippen LogP contribution in [0.3, 0.4) is 0 Å². The Morgan fingerprint density at radius 3 is 2.25 bits per heavy atom. The van der Waals surface area contributed by atoms with Gasteiger partial charge in [0.15, 0.2) is 14.6 Å². The SMILES string of the molecule is N#CC1(S(=O)(=O)c2ccccc2)CC2(CCOCC2)C1. The normalized spacial score (nSPS) is 23.8. The van der Waals surface area contributed by atoms with E-state index in [1.54, 1.807) is 30.3 Å². The molecule has 3 rings (SSSR count). The van der Waals surface area contributed by atoms with Crippen LogP contribution in [0.2, 0.25) is 0 Å². The molecule has 106 valence electrons. The molecule has 0 unspecified atom stereocenters. The molecule has 0 atom stereocenters. The lowest BCUT2D eigenvalue weighted by atomic mass is 9.58. The summed E-state index contributed by atoms with van der Waals surface area (Å²) >= 11 is 0. The Bertz CT molecular complexity index is 631. The Kier molecular flexibility index (Phi) is 3.11. The van der Waals surface area contributed by atoms with E-state index in [0.717, 1.165) is 12.8 Å². The second-order valence-corrected chi connectivity index (χ2v) is 8.15. The van der Waals surface area contributed by atoms with E-state index in [4.69, 9.17) is 4.74 Å². The smallest absolute Gasteiger partial charge is 0.197 e. The van der Waals surface area contributed by atoms with Crippen LogP contribution in [0, 0.1) is 16.7 Å². The molecule has 1 saturated carbocycles. The van der Waals surface area contributed by atoms with E-state index >= 15 is 0 Å². The quantitative estimate of drug-likeness (QED) is 0.838. The fourth-order valence-corrected chi connectivity index (χ4v) is 5.55.